The molecule has 5 heteroatoms. The van der Waals surface area contributed by atoms with E-state index in [4.69, 9.17) is 21.1 Å². The molecule has 0 unspecified atom stereocenters. The molecule has 0 spiro atoms. The van der Waals surface area contributed by atoms with Crippen molar-refractivity contribution in [1.82, 2.24) is 0 Å². The van der Waals surface area contributed by atoms with E-state index < -0.39 is 0 Å². The minimum Gasteiger partial charge on any atom is -0.353 e. The highest BCUT2D eigenvalue weighted by molar-refractivity contribution is 6.30. The van der Waals surface area contributed by atoms with Gasteiger partial charge in [-0.05, 0) is 45.0 Å². The molecule has 0 saturated heterocycles. The van der Waals surface area contributed by atoms with Gasteiger partial charge < -0.3 is 14.3 Å². The number of aldehydes is 1. The molecule has 0 aromatic heterocycles. The van der Waals surface area contributed by atoms with Crippen LogP contribution in [0.25, 0.3) is 0 Å². The number of ketones is 1. The van der Waals surface area contributed by atoms with E-state index in [0.717, 1.165) is 13.2 Å². The van der Waals surface area contributed by atoms with Crippen LogP contribution in [-0.4, -0.2) is 31.6 Å². The van der Waals surface area contributed by atoms with Gasteiger partial charge in [0.25, 0.3) is 0 Å². The summed E-state index contributed by atoms with van der Waals surface area (Å²) in [4.78, 5) is 21.1. The average molecular weight is 329 g/mol. The summed E-state index contributed by atoms with van der Waals surface area (Å²) < 4.78 is 10.1. The lowest BCUT2D eigenvalue weighted by molar-refractivity contribution is -0.123. The first kappa shape index (κ1) is 22.8. The number of carbonyl (C=O) groups excluding carboxylic acids is 2. The third-order valence-corrected chi connectivity index (χ3v) is 2.49. The Morgan fingerprint density at radius 1 is 1.18 bits per heavy atom. The molecule has 0 heterocycles. The molecule has 0 atom stereocenters. The first-order valence-electron chi connectivity index (χ1n) is 7.00. The highest BCUT2D eigenvalue weighted by Gasteiger charge is 2.03. The molecule has 0 fully saturated rings. The lowest BCUT2D eigenvalue weighted by Crippen LogP contribution is -2.11. The maximum atomic E-state index is 11.1. The van der Waals surface area contributed by atoms with Crippen LogP contribution in [0.1, 0.15) is 37.6 Å². The van der Waals surface area contributed by atoms with Crippen molar-refractivity contribution in [3.05, 3.63) is 48.0 Å². The van der Waals surface area contributed by atoms with Gasteiger partial charge in [0.1, 0.15) is 6.29 Å². The molecule has 0 bridgehead atoms. The van der Waals surface area contributed by atoms with Gasteiger partial charge in [-0.1, -0.05) is 11.6 Å². The van der Waals surface area contributed by atoms with Gasteiger partial charge >= 0.3 is 0 Å². The summed E-state index contributed by atoms with van der Waals surface area (Å²) in [5, 5.41) is 0.581. The fourth-order valence-electron chi connectivity index (χ4n) is 1.35. The van der Waals surface area contributed by atoms with Crippen molar-refractivity contribution in [2.45, 2.75) is 33.5 Å². The third-order valence-electron chi connectivity index (χ3n) is 2.24. The summed E-state index contributed by atoms with van der Waals surface area (Å²) in [7, 11) is 0. The molecule has 1 aromatic rings. The predicted molar refractivity (Wildman–Crippen MR) is 90.4 cm³/mol. The summed E-state index contributed by atoms with van der Waals surface area (Å²) >= 11 is 5.61. The largest absolute Gasteiger partial charge is 0.353 e. The summed E-state index contributed by atoms with van der Waals surface area (Å²) in [6.07, 6.45) is 0.489. The Labute approximate surface area is 138 Å². The summed E-state index contributed by atoms with van der Waals surface area (Å²) in [5.41, 5.74) is 0.520. The van der Waals surface area contributed by atoms with Gasteiger partial charge in [-0.15, -0.1) is 13.2 Å². The minimum absolute atomic E-state index is 0.0370. The van der Waals surface area contributed by atoms with Gasteiger partial charge in [0.2, 0.25) is 0 Å². The highest BCUT2D eigenvalue weighted by atomic mass is 35.5. The van der Waals surface area contributed by atoms with Gasteiger partial charge in [0.05, 0.1) is 6.42 Å². The van der Waals surface area contributed by atoms with Crippen LogP contribution in [0.2, 0.25) is 5.02 Å². The number of halogens is 1. The number of hydrogen-bond acceptors (Lipinski definition) is 4. The Morgan fingerprint density at radius 2 is 1.64 bits per heavy atom. The third kappa shape index (κ3) is 12.3. The van der Waals surface area contributed by atoms with E-state index in [1.165, 1.54) is 0 Å². The lowest BCUT2D eigenvalue weighted by atomic mass is 10.1. The first-order chi connectivity index (χ1) is 10.5. The molecule has 0 aliphatic heterocycles. The Morgan fingerprint density at radius 3 is 2.00 bits per heavy atom. The molecule has 0 saturated carbocycles. The summed E-state index contributed by atoms with van der Waals surface area (Å²) in [6.45, 7) is 13.3. The molecular formula is C17H25ClO4. The fraction of sp³-hybridized carbons (Fsp3) is 0.412. The number of hydrogen-bond donors (Lipinski definition) is 0. The molecule has 0 amide bonds. The van der Waals surface area contributed by atoms with E-state index in [1.54, 1.807) is 24.3 Å². The molecule has 22 heavy (non-hydrogen) atoms. The number of ether oxygens (including phenoxy) is 2. The number of rotatable bonds is 7. The first-order valence-corrected chi connectivity index (χ1v) is 7.38. The Hall–Kier alpha value is -1.49. The van der Waals surface area contributed by atoms with Crippen LogP contribution in [0, 0.1) is 0 Å². The van der Waals surface area contributed by atoms with Gasteiger partial charge in [-0.2, -0.15) is 0 Å². The van der Waals surface area contributed by atoms with E-state index in [9.17, 15) is 9.59 Å². The maximum Gasteiger partial charge on any atom is 0.169 e. The molecule has 1 aromatic carbocycles. The normalized spacial score (nSPS) is 9.14. The van der Waals surface area contributed by atoms with Crippen molar-refractivity contribution in [2.75, 3.05) is 13.2 Å². The van der Waals surface area contributed by atoms with Crippen molar-refractivity contribution in [1.29, 1.82) is 0 Å². The number of carbonyl (C=O) groups is 2. The monoisotopic (exact) mass is 328 g/mol. The van der Waals surface area contributed by atoms with Gasteiger partial charge in [0.15, 0.2) is 12.1 Å². The van der Waals surface area contributed by atoms with Crippen LogP contribution in [0.3, 0.4) is 0 Å². The number of Topliss-reactive ketones (excluding diaryl/α,β-unsaturated/α-hetero) is 1. The van der Waals surface area contributed by atoms with Gasteiger partial charge in [-0.25, -0.2) is 0 Å². The minimum atomic E-state index is -0.179. The molecule has 124 valence electrons. The van der Waals surface area contributed by atoms with Crippen molar-refractivity contribution in [2.24, 2.45) is 0 Å². The summed E-state index contributed by atoms with van der Waals surface area (Å²) in [6, 6.07) is 6.46. The highest BCUT2D eigenvalue weighted by Crippen LogP contribution is 2.10. The van der Waals surface area contributed by atoms with E-state index in [1.807, 2.05) is 20.8 Å². The summed E-state index contributed by atoms with van der Waals surface area (Å²) in [5.74, 6) is -0.179. The maximum absolute atomic E-state index is 11.1. The Balaban J connectivity index is 0. The van der Waals surface area contributed by atoms with Crippen LogP contribution in [-0.2, 0) is 14.3 Å². The predicted octanol–water partition coefficient (Wildman–Crippen LogP) is 4.32. The van der Waals surface area contributed by atoms with Gasteiger partial charge in [-0.3, -0.25) is 4.79 Å². The second kappa shape index (κ2) is 15.9. The van der Waals surface area contributed by atoms with Gasteiger partial charge in [0, 0.05) is 23.8 Å². The average Bonchev–Trinajstić information content (AvgIpc) is 2.51. The fourth-order valence-corrected chi connectivity index (χ4v) is 1.47. The van der Waals surface area contributed by atoms with E-state index >= 15 is 0 Å². The zero-order valence-corrected chi connectivity index (χ0v) is 14.3. The lowest BCUT2D eigenvalue weighted by Gasteiger charge is -2.09. The molecule has 4 nitrogen and oxygen atoms in total. The van der Waals surface area contributed by atoms with E-state index in [2.05, 4.69) is 13.2 Å². The second-order valence-corrected chi connectivity index (χ2v) is 4.22. The zero-order valence-electron chi connectivity index (χ0n) is 13.5. The van der Waals surface area contributed by atoms with Crippen LogP contribution in [0.5, 0.6) is 0 Å². The molecule has 0 aliphatic carbocycles. The topological polar surface area (TPSA) is 52.6 Å². The molecule has 1 rings (SSSR count). The molecule has 0 N–H and O–H groups in total. The molecule has 0 radical (unpaired) electrons. The Kier molecular flexibility index (Phi) is 16.5. The molecule has 0 aliphatic rings. The smallest absolute Gasteiger partial charge is 0.169 e. The molecular weight excluding hydrogens is 304 g/mol. The van der Waals surface area contributed by atoms with Crippen LogP contribution >= 0.6 is 11.6 Å². The Bertz CT molecular complexity index is 398. The SMILES string of the molecule is C=C.CCOC(C)OCC.O=CCC(=O)c1ccc(Cl)cc1. The standard InChI is InChI=1S/C9H7ClO2.C6H14O2.C2H4/c10-8-3-1-7(2-4-8)9(12)5-6-11;1-4-7-6(3)8-5-2;1-2/h1-4,6H,5H2;6H,4-5H2,1-3H3;1-2H2. The van der Waals surface area contributed by atoms with E-state index in [0.29, 0.717) is 16.9 Å². The quantitative estimate of drug-likeness (QED) is 0.246. The van der Waals surface area contributed by atoms with Crippen LogP contribution < -0.4 is 0 Å². The van der Waals surface area contributed by atoms with Crippen LogP contribution in [0.15, 0.2) is 37.4 Å². The van der Waals surface area contributed by atoms with Crippen LogP contribution in [0.4, 0.5) is 0 Å². The second-order valence-electron chi connectivity index (χ2n) is 3.78. The van der Waals surface area contributed by atoms with Crippen molar-refractivity contribution < 1.29 is 19.1 Å². The van der Waals surface area contributed by atoms with E-state index in [-0.39, 0.29) is 18.5 Å². The van der Waals surface area contributed by atoms with Crippen molar-refractivity contribution >= 4 is 23.7 Å². The zero-order chi connectivity index (χ0) is 17.4. The van der Waals surface area contributed by atoms with Crippen molar-refractivity contribution in [3.8, 4) is 0 Å². The van der Waals surface area contributed by atoms with Crippen molar-refractivity contribution in [3.63, 3.8) is 0 Å². The number of benzene rings is 1.